The van der Waals surface area contributed by atoms with Crippen LogP contribution in [0, 0.1) is 0 Å². The molecule has 1 aromatic rings. The fraction of sp³-hybridized carbons (Fsp3) is 0.214. The summed E-state index contributed by atoms with van der Waals surface area (Å²) in [5.74, 6) is -1.23. The Morgan fingerprint density at radius 1 is 1.11 bits per heavy atom. The van der Waals surface area contributed by atoms with E-state index >= 15 is 0 Å². The zero-order chi connectivity index (χ0) is 14.4. The molecule has 0 aliphatic carbocycles. The molecular formula is C14H14O5. The van der Waals surface area contributed by atoms with Gasteiger partial charge in [-0.3, -0.25) is 9.59 Å². The molecule has 0 aliphatic rings. The standard InChI is InChI=1S/C14H14O5/c1-9(15)13(10(2)16)7-11-3-5-12(6-4-11)19-8-14(17)18/h3-7H,8H2,1-2H3,(H,17,18). The first kappa shape index (κ1) is 14.6. The summed E-state index contributed by atoms with van der Waals surface area (Å²) < 4.78 is 4.97. The molecule has 0 saturated heterocycles. The number of carbonyl (C=O) groups is 3. The number of aliphatic carboxylic acids is 1. The van der Waals surface area contributed by atoms with Crippen molar-refractivity contribution in [3.8, 4) is 5.75 Å². The minimum atomic E-state index is -1.06. The number of ketones is 2. The number of carboxylic acid groups (broad SMARTS) is 1. The monoisotopic (exact) mass is 262 g/mol. The minimum Gasteiger partial charge on any atom is -0.482 e. The molecule has 100 valence electrons. The average Bonchev–Trinajstić information content (AvgIpc) is 2.34. The van der Waals surface area contributed by atoms with E-state index in [1.165, 1.54) is 19.9 Å². The van der Waals surface area contributed by atoms with Gasteiger partial charge < -0.3 is 9.84 Å². The molecule has 0 amide bonds. The molecule has 0 spiro atoms. The van der Waals surface area contributed by atoms with Gasteiger partial charge in [-0.05, 0) is 37.6 Å². The summed E-state index contributed by atoms with van der Waals surface area (Å²) in [4.78, 5) is 32.8. The predicted molar refractivity (Wildman–Crippen MR) is 68.9 cm³/mol. The second kappa shape index (κ2) is 6.49. The van der Waals surface area contributed by atoms with Crippen LogP contribution < -0.4 is 4.74 Å². The highest BCUT2D eigenvalue weighted by Crippen LogP contribution is 2.15. The van der Waals surface area contributed by atoms with Gasteiger partial charge in [0.2, 0.25) is 0 Å². The summed E-state index contributed by atoms with van der Waals surface area (Å²) in [7, 11) is 0. The Labute approximate surface area is 110 Å². The van der Waals surface area contributed by atoms with Gasteiger partial charge in [-0.1, -0.05) is 12.1 Å². The molecule has 0 saturated carbocycles. The fourth-order valence-corrected chi connectivity index (χ4v) is 1.42. The van der Waals surface area contributed by atoms with Gasteiger partial charge in [0.25, 0.3) is 0 Å². The Hall–Kier alpha value is -2.43. The lowest BCUT2D eigenvalue weighted by atomic mass is 10.0. The molecule has 5 heteroatoms. The van der Waals surface area contributed by atoms with E-state index in [2.05, 4.69) is 0 Å². The highest BCUT2D eigenvalue weighted by Gasteiger charge is 2.09. The molecule has 0 aromatic heterocycles. The van der Waals surface area contributed by atoms with E-state index in [0.717, 1.165) is 0 Å². The first-order chi connectivity index (χ1) is 8.90. The first-order valence-electron chi connectivity index (χ1n) is 5.58. The van der Waals surface area contributed by atoms with E-state index in [-0.39, 0.29) is 17.1 Å². The van der Waals surface area contributed by atoms with Crippen LogP contribution in [-0.2, 0) is 14.4 Å². The number of hydrogen-bond acceptors (Lipinski definition) is 4. The normalized spacial score (nSPS) is 9.58. The summed E-state index contributed by atoms with van der Waals surface area (Å²) in [6.07, 6.45) is 1.49. The largest absolute Gasteiger partial charge is 0.482 e. The third-order valence-corrected chi connectivity index (χ3v) is 2.31. The minimum absolute atomic E-state index is 0.124. The summed E-state index contributed by atoms with van der Waals surface area (Å²) in [5.41, 5.74) is 0.794. The molecule has 1 rings (SSSR count). The number of rotatable bonds is 6. The third-order valence-electron chi connectivity index (χ3n) is 2.31. The van der Waals surface area contributed by atoms with E-state index in [0.29, 0.717) is 11.3 Å². The maximum absolute atomic E-state index is 11.3. The van der Waals surface area contributed by atoms with Crippen LogP contribution in [0.3, 0.4) is 0 Å². The van der Waals surface area contributed by atoms with Gasteiger partial charge in [0.05, 0.1) is 5.57 Å². The smallest absolute Gasteiger partial charge is 0.341 e. The van der Waals surface area contributed by atoms with Crippen LogP contribution in [-0.4, -0.2) is 29.2 Å². The molecule has 5 nitrogen and oxygen atoms in total. The molecular weight excluding hydrogens is 248 g/mol. The SMILES string of the molecule is CC(=O)C(=Cc1ccc(OCC(=O)O)cc1)C(C)=O. The van der Waals surface area contributed by atoms with Gasteiger partial charge in [-0.2, -0.15) is 0 Å². The molecule has 0 radical (unpaired) electrons. The van der Waals surface area contributed by atoms with Gasteiger partial charge in [0.15, 0.2) is 18.2 Å². The van der Waals surface area contributed by atoms with Gasteiger partial charge in [-0.25, -0.2) is 4.79 Å². The molecule has 0 aliphatic heterocycles. The Morgan fingerprint density at radius 2 is 1.63 bits per heavy atom. The first-order valence-corrected chi connectivity index (χ1v) is 5.58. The number of hydrogen-bond donors (Lipinski definition) is 1. The number of Topliss-reactive ketones (excluding diaryl/α,β-unsaturated/α-hetero) is 2. The van der Waals surface area contributed by atoms with E-state index in [1.54, 1.807) is 24.3 Å². The van der Waals surface area contributed by atoms with Gasteiger partial charge in [0, 0.05) is 0 Å². The molecule has 0 heterocycles. The van der Waals surface area contributed by atoms with Crippen molar-refractivity contribution in [2.75, 3.05) is 6.61 Å². The Morgan fingerprint density at radius 3 is 2.05 bits per heavy atom. The van der Waals surface area contributed by atoms with Crippen molar-refractivity contribution in [3.05, 3.63) is 35.4 Å². The summed E-state index contributed by atoms with van der Waals surface area (Å²) >= 11 is 0. The molecule has 0 bridgehead atoms. The molecule has 0 fully saturated rings. The van der Waals surface area contributed by atoms with Crippen LogP contribution >= 0.6 is 0 Å². The van der Waals surface area contributed by atoms with Crippen LogP contribution in [0.15, 0.2) is 29.8 Å². The maximum Gasteiger partial charge on any atom is 0.341 e. The summed E-state index contributed by atoms with van der Waals surface area (Å²) in [5, 5.41) is 8.46. The van der Waals surface area contributed by atoms with Crippen LogP contribution in [0.1, 0.15) is 19.4 Å². The lowest BCUT2D eigenvalue weighted by Gasteiger charge is -2.03. The third kappa shape index (κ3) is 4.75. The Kier molecular flexibility index (Phi) is 5.00. The zero-order valence-corrected chi connectivity index (χ0v) is 10.7. The molecule has 19 heavy (non-hydrogen) atoms. The highest BCUT2D eigenvalue weighted by molar-refractivity contribution is 6.21. The topological polar surface area (TPSA) is 80.7 Å². The molecule has 0 unspecified atom stereocenters. The number of ether oxygens (including phenoxy) is 1. The highest BCUT2D eigenvalue weighted by atomic mass is 16.5. The summed E-state index contributed by atoms with van der Waals surface area (Å²) in [6.45, 7) is 2.25. The number of carboxylic acids is 1. The van der Waals surface area contributed by atoms with Crippen molar-refractivity contribution < 1.29 is 24.2 Å². The van der Waals surface area contributed by atoms with Crippen LogP contribution in [0.2, 0.25) is 0 Å². The number of carbonyl (C=O) groups excluding carboxylic acids is 2. The lowest BCUT2D eigenvalue weighted by molar-refractivity contribution is -0.139. The quantitative estimate of drug-likeness (QED) is 0.479. The van der Waals surface area contributed by atoms with E-state index in [1.807, 2.05) is 0 Å². The van der Waals surface area contributed by atoms with Crippen molar-refractivity contribution in [3.63, 3.8) is 0 Å². The zero-order valence-electron chi connectivity index (χ0n) is 10.7. The van der Waals surface area contributed by atoms with Crippen LogP contribution in [0.4, 0.5) is 0 Å². The van der Waals surface area contributed by atoms with Crippen LogP contribution in [0.5, 0.6) is 5.75 Å². The van der Waals surface area contributed by atoms with Crippen molar-refractivity contribution in [2.24, 2.45) is 0 Å². The fourth-order valence-electron chi connectivity index (χ4n) is 1.42. The second-order valence-corrected chi connectivity index (χ2v) is 3.92. The maximum atomic E-state index is 11.3. The predicted octanol–water partition coefficient (Wildman–Crippen LogP) is 1.71. The van der Waals surface area contributed by atoms with E-state index in [9.17, 15) is 14.4 Å². The van der Waals surface area contributed by atoms with Crippen molar-refractivity contribution in [2.45, 2.75) is 13.8 Å². The molecule has 0 atom stereocenters. The lowest BCUT2D eigenvalue weighted by Crippen LogP contribution is -2.09. The van der Waals surface area contributed by atoms with Gasteiger partial charge in [0.1, 0.15) is 5.75 Å². The Bertz CT molecular complexity index is 509. The molecule has 1 aromatic carbocycles. The van der Waals surface area contributed by atoms with E-state index in [4.69, 9.17) is 9.84 Å². The second-order valence-electron chi connectivity index (χ2n) is 3.92. The Balaban J connectivity index is 2.86. The van der Waals surface area contributed by atoms with Gasteiger partial charge >= 0.3 is 5.97 Å². The van der Waals surface area contributed by atoms with Crippen molar-refractivity contribution >= 4 is 23.6 Å². The summed E-state index contributed by atoms with van der Waals surface area (Å²) in [6, 6.07) is 6.44. The number of allylic oxidation sites excluding steroid dienone is 1. The van der Waals surface area contributed by atoms with Crippen LogP contribution in [0.25, 0.3) is 6.08 Å². The number of benzene rings is 1. The van der Waals surface area contributed by atoms with Gasteiger partial charge in [-0.15, -0.1) is 0 Å². The molecule has 1 N–H and O–H groups in total. The van der Waals surface area contributed by atoms with Crippen molar-refractivity contribution in [1.29, 1.82) is 0 Å². The van der Waals surface area contributed by atoms with Crippen molar-refractivity contribution in [1.82, 2.24) is 0 Å². The van der Waals surface area contributed by atoms with E-state index < -0.39 is 12.6 Å². The average molecular weight is 262 g/mol.